The molecule has 20 heavy (non-hydrogen) atoms. The molecule has 0 aliphatic rings. The van der Waals surface area contributed by atoms with Crippen molar-refractivity contribution in [1.82, 2.24) is 0 Å². The van der Waals surface area contributed by atoms with Gasteiger partial charge in [0.15, 0.2) is 0 Å². The first-order valence-corrected chi connectivity index (χ1v) is 6.46. The van der Waals surface area contributed by atoms with Gasteiger partial charge in [-0.05, 0) is 49.4 Å². The second-order valence-electron chi connectivity index (χ2n) is 4.19. The average Bonchev–Trinajstić information content (AvgIpc) is 2.44. The van der Waals surface area contributed by atoms with Crippen LogP contribution in [0.15, 0.2) is 42.5 Å². The van der Waals surface area contributed by atoms with Crippen LogP contribution in [-0.4, -0.2) is 17.6 Å². The van der Waals surface area contributed by atoms with Crippen LogP contribution in [-0.2, 0) is 0 Å². The molecule has 1 N–H and O–H groups in total. The van der Waals surface area contributed by atoms with E-state index in [1.807, 2.05) is 0 Å². The Morgan fingerprint density at radius 1 is 1.25 bits per heavy atom. The van der Waals surface area contributed by atoms with Gasteiger partial charge in [0.05, 0.1) is 10.6 Å². The van der Waals surface area contributed by atoms with Gasteiger partial charge in [-0.25, -0.2) is 4.39 Å². The molecule has 3 nitrogen and oxygen atoms in total. The molecule has 0 fully saturated rings. The van der Waals surface area contributed by atoms with Crippen molar-refractivity contribution in [3.63, 3.8) is 0 Å². The zero-order chi connectivity index (χ0) is 14.7. The van der Waals surface area contributed by atoms with Gasteiger partial charge in [0, 0.05) is 12.2 Å². The van der Waals surface area contributed by atoms with Crippen molar-refractivity contribution in [3.05, 3.63) is 58.9 Å². The molecule has 0 saturated heterocycles. The summed E-state index contributed by atoms with van der Waals surface area (Å²) in [5.41, 5.74) is 0.774. The van der Waals surface area contributed by atoms with Crippen LogP contribution in [0, 0.1) is 5.82 Å². The zero-order valence-electron chi connectivity index (χ0n) is 10.8. The van der Waals surface area contributed by atoms with Gasteiger partial charge in [0.2, 0.25) is 0 Å². The molecular weight excluding hydrogens is 281 g/mol. The van der Waals surface area contributed by atoms with E-state index in [-0.39, 0.29) is 28.1 Å². The number of carbonyl (C=O) groups excluding carboxylic acids is 1. The summed E-state index contributed by atoms with van der Waals surface area (Å²) >= 11 is 5.99. The minimum atomic E-state index is -0.368. The molecule has 104 valence electrons. The van der Waals surface area contributed by atoms with Crippen LogP contribution in [0.25, 0.3) is 0 Å². The molecule has 2 aromatic carbocycles. The van der Waals surface area contributed by atoms with Crippen LogP contribution in [0.4, 0.5) is 10.1 Å². The molecule has 0 aromatic heterocycles. The molecule has 0 unspecified atom stereocenters. The van der Waals surface area contributed by atoms with E-state index in [0.717, 1.165) is 0 Å². The first-order chi connectivity index (χ1) is 9.52. The fourth-order valence-corrected chi connectivity index (χ4v) is 2.09. The SMILES string of the molecule is CCN(C(=O)c1cc(O)ccc1Cl)c1ccc(F)cc1. The number of nitrogens with zero attached hydrogens (tertiary/aromatic N) is 1. The molecule has 2 rings (SSSR count). The molecule has 0 heterocycles. The second kappa shape index (κ2) is 5.92. The fraction of sp³-hybridized carbons (Fsp3) is 0.133. The summed E-state index contributed by atoms with van der Waals surface area (Å²) in [7, 11) is 0. The summed E-state index contributed by atoms with van der Waals surface area (Å²) in [6.45, 7) is 2.20. The molecule has 0 aliphatic heterocycles. The van der Waals surface area contributed by atoms with Gasteiger partial charge in [0.25, 0.3) is 5.91 Å². The van der Waals surface area contributed by atoms with Crippen molar-refractivity contribution in [1.29, 1.82) is 0 Å². The number of phenolic OH excluding ortho intramolecular Hbond substituents is 1. The number of hydrogen-bond acceptors (Lipinski definition) is 2. The summed E-state index contributed by atoms with van der Waals surface area (Å²) < 4.78 is 12.9. The fourth-order valence-electron chi connectivity index (χ4n) is 1.89. The van der Waals surface area contributed by atoms with Crippen LogP contribution in [0.5, 0.6) is 5.75 Å². The highest BCUT2D eigenvalue weighted by Gasteiger charge is 2.19. The molecule has 0 radical (unpaired) electrons. The highest BCUT2D eigenvalue weighted by Crippen LogP contribution is 2.25. The highest BCUT2D eigenvalue weighted by molar-refractivity contribution is 6.34. The summed E-state index contributed by atoms with van der Waals surface area (Å²) in [5, 5.41) is 9.73. The van der Waals surface area contributed by atoms with Gasteiger partial charge >= 0.3 is 0 Å². The summed E-state index contributed by atoms with van der Waals surface area (Å²) in [4.78, 5) is 13.9. The smallest absolute Gasteiger partial charge is 0.259 e. The van der Waals surface area contributed by atoms with Crippen molar-refractivity contribution in [2.24, 2.45) is 0 Å². The molecule has 0 atom stereocenters. The number of hydrogen-bond donors (Lipinski definition) is 1. The summed E-state index contributed by atoms with van der Waals surface area (Å²) in [5.74, 6) is -0.749. The number of carbonyl (C=O) groups is 1. The lowest BCUT2D eigenvalue weighted by atomic mass is 10.1. The van der Waals surface area contributed by atoms with Gasteiger partial charge in [0.1, 0.15) is 11.6 Å². The maximum atomic E-state index is 12.9. The van der Waals surface area contributed by atoms with Crippen LogP contribution in [0.3, 0.4) is 0 Å². The Morgan fingerprint density at radius 2 is 1.90 bits per heavy atom. The van der Waals surface area contributed by atoms with Crippen molar-refractivity contribution >= 4 is 23.2 Å². The second-order valence-corrected chi connectivity index (χ2v) is 4.60. The minimum absolute atomic E-state index is 0.0343. The summed E-state index contributed by atoms with van der Waals surface area (Å²) in [6.07, 6.45) is 0. The normalized spacial score (nSPS) is 10.3. The minimum Gasteiger partial charge on any atom is -0.508 e. The van der Waals surface area contributed by atoms with Crippen LogP contribution in [0.2, 0.25) is 5.02 Å². The Balaban J connectivity index is 2.38. The van der Waals surface area contributed by atoms with E-state index in [1.165, 1.54) is 47.4 Å². The van der Waals surface area contributed by atoms with E-state index in [9.17, 15) is 14.3 Å². The van der Waals surface area contributed by atoms with E-state index in [0.29, 0.717) is 12.2 Å². The largest absolute Gasteiger partial charge is 0.508 e. The van der Waals surface area contributed by atoms with E-state index < -0.39 is 0 Å². The molecule has 0 spiro atoms. The van der Waals surface area contributed by atoms with Gasteiger partial charge in [-0.2, -0.15) is 0 Å². The molecular formula is C15H13ClFNO2. The number of rotatable bonds is 3. The van der Waals surface area contributed by atoms with Gasteiger partial charge in [-0.15, -0.1) is 0 Å². The lowest BCUT2D eigenvalue weighted by Crippen LogP contribution is -2.30. The van der Waals surface area contributed by atoms with Crippen LogP contribution >= 0.6 is 11.6 Å². The molecule has 0 saturated carbocycles. The number of halogens is 2. The topological polar surface area (TPSA) is 40.5 Å². The predicted molar refractivity (Wildman–Crippen MR) is 76.9 cm³/mol. The Bertz CT molecular complexity index is 628. The third-order valence-corrected chi connectivity index (χ3v) is 3.21. The molecule has 0 bridgehead atoms. The van der Waals surface area contributed by atoms with E-state index in [2.05, 4.69) is 0 Å². The standard InChI is InChI=1S/C15H13ClFNO2/c1-2-18(11-5-3-10(17)4-6-11)15(20)13-9-12(19)7-8-14(13)16/h3-9,19H,2H2,1H3. The van der Waals surface area contributed by atoms with E-state index in [4.69, 9.17) is 11.6 Å². The van der Waals surface area contributed by atoms with Gasteiger partial charge < -0.3 is 10.0 Å². The van der Waals surface area contributed by atoms with Crippen LogP contribution < -0.4 is 4.90 Å². The van der Waals surface area contributed by atoms with Crippen molar-refractivity contribution in [2.75, 3.05) is 11.4 Å². The Kier molecular flexibility index (Phi) is 4.25. The molecule has 0 aliphatic carbocycles. The van der Waals surface area contributed by atoms with Gasteiger partial charge in [-0.3, -0.25) is 4.79 Å². The average molecular weight is 294 g/mol. The Morgan fingerprint density at radius 3 is 2.50 bits per heavy atom. The molecule has 1 amide bonds. The third-order valence-electron chi connectivity index (χ3n) is 2.88. The number of amides is 1. The maximum Gasteiger partial charge on any atom is 0.259 e. The number of anilines is 1. The molecule has 5 heteroatoms. The van der Waals surface area contributed by atoms with E-state index >= 15 is 0 Å². The highest BCUT2D eigenvalue weighted by atomic mass is 35.5. The number of phenols is 1. The van der Waals surface area contributed by atoms with Crippen molar-refractivity contribution in [2.45, 2.75) is 6.92 Å². The molecule has 2 aromatic rings. The monoisotopic (exact) mass is 293 g/mol. The van der Waals surface area contributed by atoms with Crippen LogP contribution in [0.1, 0.15) is 17.3 Å². The maximum absolute atomic E-state index is 12.9. The van der Waals surface area contributed by atoms with Crippen molar-refractivity contribution < 1.29 is 14.3 Å². The number of benzene rings is 2. The quantitative estimate of drug-likeness (QED) is 0.934. The Hall–Kier alpha value is -2.07. The summed E-state index contributed by atoms with van der Waals surface area (Å²) in [6, 6.07) is 9.80. The third kappa shape index (κ3) is 2.91. The van der Waals surface area contributed by atoms with Crippen molar-refractivity contribution in [3.8, 4) is 5.75 Å². The lowest BCUT2D eigenvalue weighted by Gasteiger charge is -2.21. The van der Waals surface area contributed by atoms with Gasteiger partial charge in [-0.1, -0.05) is 11.6 Å². The predicted octanol–water partition coefficient (Wildman–Crippen LogP) is 3.85. The lowest BCUT2D eigenvalue weighted by molar-refractivity contribution is 0.0988. The van der Waals surface area contributed by atoms with E-state index in [1.54, 1.807) is 6.92 Å². The zero-order valence-corrected chi connectivity index (χ0v) is 11.6. The first-order valence-electron chi connectivity index (χ1n) is 6.09. The number of aromatic hydroxyl groups is 1. The Labute approximate surface area is 121 Å². The first kappa shape index (κ1) is 14.3.